The minimum atomic E-state index is -3.46. The van der Waals surface area contributed by atoms with E-state index in [1.807, 2.05) is 0 Å². The second kappa shape index (κ2) is 5.26. The Morgan fingerprint density at radius 1 is 1.19 bits per heavy atom. The van der Waals surface area contributed by atoms with Crippen molar-refractivity contribution in [1.29, 1.82) is 0 Å². The van der Waals surface area contributed by atoms with E-state index in [2.05, 4.69) is 6.92 Å². The molecule has 2 nitrogen and oxygen atoms in total. The zero-order valence-corrected chi connectivity index (χ0v) is 12.1. The van der Waals surface area contributed by atoms with E-state index in [4.69, 9.17) is 10.7 Å². The fourth-order valence-electron chi connectivity index (χ4n) is 2.75. The first-order valence-corrected chi connectivity index (χ1v) is 8.54. The van der Waals surface area contributed by atoms with Gasteiger partial charge in [-0.1, -0.05) is 32.6 Å². The zero-order chi connectivity index (χ0) is 12.4. The van der Waals surface area contributed by atoms with Crippen LogP contribution in [0, 0.1) is 11.8 Å². The van der Waals surface area contributed by atoms with Crippen molar-refractivity contribution in [3.63, 3.8) is 0 Å². The molecule has 0 heterocycles. The first kappa shape index (κ1) is 14.3. The van der Waals surface area contributed by atoms with Crippen LogP contribution in [0.2, 0.25) is 0 Å². The molecule has 0 radical (unpaired) electrons. The van der Waals surface area contributed by atoms with Gasteiger partial charge >= 0.3 is 0 Å². The first-order chi connectivity index (χ1) is 7.29. The predicted octanol–water partition coefficient (Wildman–Crippen LogP) is 3.94. The molecule has 0 aromatic carbocycles. The van der Waals surface area contributed by atoms with Gasteiger partial charge in [0.25, 0.3) is 0 Å². The van der Waals surface area contributed by atoms with Gasteiger partial charge in [-0.2, -0.15) is 0 Å². The molecule has 1 aliphatic rings. The highest BCUT2D eigenvalue weighted by Gasteiger charge is 2.41. The summed E-state index contributed by atoms with van der Waals surface area (Å²) in [6, 6.07) is 0. The number of halogens is 1. The summed E-state index contributed by atoms with van der Waals surface area (Å²) in [5, 5.41) is 0. The molecule has 0 N–H and O–H groups in total. The molecule has 0 spiro atoms. The molecule has 1 rings (SSSR count). The van der Waals surface area contributed by atoms with E-state index in [0.717, 1.165) is 31.6 Å². The van der Waals surface area contributed by atoms with Crippen molar-refractivity contribution in [2.75, 3.05) is 0 Å². The minimum absolute atomic E-state index is 0.225. The fourth-order valence-corrected chi connectivity index (χ4v) is 3.77. The molecule has 0 atom stereocenters. The SMILES string of the molecule is CCCC1CCC(C(C)(C)S(=O)(=O)Cl)CC1. The molecule has 0 aliphatic heterocycles. The smallest absolute Gasteiger partial charge is 0.212 e. The molecule has 0 aromatic heterocycles. The van der Waals surface area contributed by atoms with Crippen LogP contribution in [0.25, 0.3) is 0 Å². The Balaban J connectivity index is 2.60. The maximum absolute atomic E-state index is 11.5. The molecule has 0 bridgehead atoms. The van der Waals surface area contributed by atoms with Crippen molar-refractivity contribution >= 4 is 19.7 Å². The van der Waals surface area contributed by atoms with E-state index in [1.165, 1.54) is 12.8 Å². The van der Waals surface area contributed by atoms with Crippen molar-refractivity contribution in [2.45, 2.75) is 64.0 Å². The van der Waals surface area contributed by atoms with Crippen molar-refractivity contribution < 1.29 is 8.42 Å². The maximum Gasteiger partial charge on any atom is 0.238 e. The van der Waals surface area contributed by atoms with E-state index in [0.29, 0.717) is 0 Å². The van der Waals surface area contributed by atoms with Crippen LogP contribution in [0.1, 0.15) is 59.3 Å². The molecule has 4 heteroatoms. The molecule has 1 aliphatic carbocycles. The van der Waals surface area contributed by atoms with Gasteiger partial charge in [-0.15, -0.1) is 0 Å². The second-order valence-corrected chi connectivity index (χ2v) is 8.69. The van der Waals surface area contributed by atoms with Gasteiger partial charge in [0.1, 0.15) is 0 Å². The van der Waals surface area contributed by atoms with Gasteiger partial charge in [-0.3, -0.25) is 0 Å². The minimum Gasteiger partial charge on any atom is -0.212 e. The van der Waals surface area contributed by atoms with Crippen molar-refractivity contribution in [2.24, 2.45) is 11.8 Å². The topological polar surface area (TPSA) is 34.1 Å². The first-order valence-electron chi connectivity index (χ1n) is 6.23. The van der Waals surface area contributed by atoms with E-state index < -0.39 is 13.8 Å². The highest BCUT2D eigenvalue weighted by Crippen LogP contribution is 2.41. The molecular weight excluding hydrogens is 244 g/mol. The summed E-state index contributed by atoms with van der Waals surface area (Å²) in [5.41, 5.74) is 0. The molecule has 0 saturated heterocycles. The molecule has 0 aromatic rings. The summed E-state index contributed by atoms with van der Waals surface area (Å²) < 4.78 is 22.3. The summed E-state index contributed by atoms with van der Waals surface area (Å²) in [4.78, 5) is 0. The Hall–Kier alpha value is 0.240. The number of hydrogen-bond donors (Lipinski definition) is 0. The Labute approximate surface area is 104 Å². The third-order valence-corrected chi connectivity index (χ3v) is 6.94. The Bertz CT molecular complexity index is 314. The molecule has 0 unspecified atom stereocenters. The van der Waals surface area contributed by atoms with E-state index >= 15 is 0 Å². The van der Waals surface area contributed by atoms with Gasteiger partial charge in [0.15, 0.2) is 0 Å². The lowest BCUT2D eigenvalue weighted by Gasteiger charge is -2.37. The average Bonchev–Trinajstić information content (AvgIpc) is 2.17. The largest absolute Gasteiger partial charge is 0.238 e. The highest BCUT2D eigenvalue weighted by molar-refractivity contribution is 8.14. The zero-order valence-electron chi connectivity index (χ0n) is 10.5. The Kier molecular flexibility index (Phi) is 4.70. The molecule has 1 fully saturated rings. The normalized spacial score (nSPS) is 28.0. The maximum atomic E-state index is 11.5. The van der Waals surface area contributed by atoms with Gasteiger partial charge in [0, 0.05) is 10.7 Å². The van der Waals surface area contributed by atoms with Crippen LogP contribution in [0.5, 0.6) is 0 Å². The van der Waals surface area contributed by atoms with Gasteiger partial charge in [0.2, 0.25) is 9.05 Å². The van der Waals surface area contributed by atoms with Crippen LogP contribution in [-0.4, -0.2) is 13.2 Å². The summed E-state index contributed by atoms with van der Waals surface area (Å²) >= 11 is 0. The lowest BCUT2D eigenvalue weighted by Crippen LogP contribution is -2.39. The lowest BCUT2D eigenvalue weighted by atomic mass is 9.75. The summed E-state index contributed by atoms with van der Waals surface area (Å²) in [5.74, 6) is 1.03. The van der Waals surface area contributed by atoms with Gasteiger partial charge in [0.05, 0.1) is 4.75 Å². The number of rotatable bonds is 4. The van der Waals surface area contributed by atoms with Crippen LogP contribution in [-0.2, 0) is 9.05 Å². The van der Waals surface area contributed by atoms with Crippen LogP contribution in [0.3, 0.4) is 0 Å². The van der Waals surface area contributed by atoms with E-state index in [1.54, 1.807) is 13.8 Å². The van der Waals surface area contributed by atoms with Crippen molar-refractivity contribution in [3.8, 4) is 0 Å². The van der Waals surface area contributed by atoms with Crippen molar-refractivity contribution in [1.82, 2.24) is 0 Å². The van der Waals surface area contributed by atoms with Crippen molar-refractivity contribution in [3.05, 3.63) is 0 Å². The Morgan fingerprint density at radius 3 is 2.06 bits per heavy atom. The monoisotopic (exact) mass is 266 g/mol. The molecule has 0 amide bonds. The third-order valence-electron chi connectivity index (χ3n) is 4.16. The molecule has 1 saturated carbocycles. The van der Waals surface area contributed by atoms with Crippen LogP contribution < -0.4 is 0 Å². The quantitative estimate of drug-likeness (QED) is 0.723. The summed E-state index contributed by atoms with van der Waals surface area (Å²) in [7, 11) is 2.07. The Morgan fingerprint density at radius 2 is 1.69 bits per heavy atom. The highest BCUT2D eigenvalue weighted by atomic mass is 35.7. The summed E-state index contributed by atoms with van der Waals surface area (Å²) in [6.45, 7) is 5.74. The second-order valence-electron chi connectivity index (χ2n) is 5.55. The summed E-state index contributed by atoms with van der Waals surface area (Å²) in [6.07, 6.45) is 6.84. The van der Waals surface area contributed by atoms with E-state index in [-0.39, 0.29) is 5.92 Å². The molecular formula is C12H23ClO2S. The third kappa shape index (κ3) is 3.13. The van der Waals surface area contributed by atoms with Crippen LogP contribution in [0.4, 0.5) is 0 Å². The average molecular weight is 267 g/mol. The molecule has 16 heavy (non-hydrogen) atoms. The number of hydrogen-bond acceptors (Lipinski definition) is 2. The fraction of sp³-hybridized carbons (Fsp3) is 1.00. The van der Waals surface area contributed by atoms with Gasteiger partial charge in [-0.25, -0.2) is 8.42 Å². The van der Waals surface area contributed by atoms with Gasteiger partial charge < -0.3 is 0 Å². The predicted molar refractivity (Wildman–Crippen MR) is 69.2 cm³/mol. The molecule has 96 valence electrons. The standard InChI is InChI=1S/C12H23ClO2S/c1-4-5-10-6-8-11(9-7-10)12(2,3)16(13,14)15/h10-11H,4-9H2,1-3H3. The van der Waals surface area contributed by atoms with Crippen LogP contribution in [0.15, 0.2) is 0 Å². The van der Waals surface area contributed by atoms with E-state index in [9.17, 15) is 8.42 Å². The lowest BCUT2D eigenvalue weighted by molar-refractivity contribution is 0.227. The van der Waals surface area contributed by atoms with Gasteiger partial charge in [-0.05, 0) is 38.5 Å². The van der Waals surface area contributed by atoms with Crippen LogP contribution >= 0.6 is 10.7 Å².